The van der Waals surface area contributed by atoms with Crippen LogP contribution in [0.3, 0.4) is 0 Å². The predicted molar refractivity (Wildman–Crippen MR) is 80.9 cm³/mol. The Bertz CT molecular complexity index is 827. The van der Waals surface area contributed by atoms with Gasteiger partial charge in [-0.2, -0.15) is 10.5 Å². The van der Waals surface area contributed by atoms with Crippen molar-refractivity contribution < 1.29 is 4.79 Å². The first kappa shape index (κ1) is 15.4. The highest BCUT2D eigenvalue weighted by Crippen LogP contribution is 2.23. The van der Waals surface area contributed by atoms with Gasteiger partial charge in [-0.05, 0) is 24.6 Å². The molecule has 0 aliphatic heterocycles. The lowest BCUT2D eigenvalue weighted by atomic mass is 10.2. The lowest BCUT2D eigenvalue weighted by Gasteiger charge is -2.10. The van der Waals surface area contributed by atoms with Crippen molar-refractivity contribution in [2.75, 3.05) is 11.1 Å². The van der Waals surface area contributed by atoms with Gasteiger partial charge in [-0.1, -0.05) is 17.7 Å². The third-order valence-corrected chi connectivity index (χ3v) is 3.24. The quantitative estimate of drug-likeness (QED) is 0.895. The SMILES string of the molecule is Cc1ccc(Cl)c(NC(=O)Cn2c(N)nc(C#N)c2C#N)c1. The lowest BCUT2D eigenvalue weighted by molar-refractivity contribution is -0.116. The molecule has 1 aromatic heterocycles. The molecule has 1 heterocycles. The van der Waals surface area contributed by atoms with Gasteiger partial charge in [-0.25, -0.2) is 4.98 Å². The molecule has 7 nitrogen and oxygen atoms in total. The molecule has 8 heteroatoms. The van der Waals surface area contributed by atoms with Gasteiger partial charge < -0.3 is 11.1 Å². The van der Waals surface area contributed by atoms with E-state index in [0.29, 0.717) is 10.7 Å². The number of aromatic nitrogens is 2. The first-order valence-electron chi connectivity index (χ1n) is 6.18. The Morgan fingerprint density at radius 3 is 2.82 bits per heavy atom. The molecule has 0 spiro atoms. The molecule has 22 heavy (non-hydrogen) atoms. The van der Waals surface area contributed by atoms with E-state index in [0.717, 1.165) is 5.56 Å². The number of nitrogen functional groups attached to an aromatic ring is 1. The number of nitrogens with two attached hydrogens (primary N) is 1. The Kier molecular flexibility index (Phi) is 4.31. The highest BCUT2D eigenvalue weighted by molar-refractivity contribution is 6.33. The summed E-state index contributed by atoms with van der Waals surface area (Å²) < 4.78 is 1.18. The second-order valence-corrected chi connectivity index (χ2v) is 4.92. The summed E-state index contributed by atoms with van der Waals surface area (Å²) in [6, 6.07) is 8.79. The van der Waals surface area contributed by atoms with E-state index in [4.69, 9.17) is 27.9 Å². The Morgan fingerprint density at radius 2 is 2.18 bits per heavy atom. The summed E-state index contributed by atoms with van der Waals surface area (Å²) in [6.07, 6.45) is 0. The number of nitrogens with zero attached hydrogens (tertiary/aromatic N) is 4. The zero-order chi connectivity index (χ0) is 16.3. The maximum absolute atomic E-state index is 12.1. The monoisotopic (exact) mass is 314 g/mol. The van der Waals surface area contributed by atoms with Crippen molar-refractivity contribution in [3.63, 3.8) is 0 Å². The van der Waals surface area contributed by atoms with Gasteiger partial charge in [-0.15, -0.1) is 0 Å². The normalized spacial score (nSPS) is 9.82. The van der Waals surface area contributed by atoms with E-state index >= 15 is 0 Å². The zero-order valence-corrected chi connectivity index (χ0v) is 12.3. The molecule has 0 unspecified atom stereocenters. The maximum atomic E-state index is 12.1. The minimum Gasteiger partial charge on any atom is -0.369 e. The van der Waals surface area contributed by atoms with E-state index in [1.54, 1.807) is 18.2 Å². The van der Waals surface area contributed by atoms with Gasteiger partial charge in [0.25, 0.3) is 0 Å². The van der Waals surface area contributed by atoms with Gasteiger partial charge in [0.1, 0.15) is 18.7 Å². The van der Waals surface area contributed by atoms with Crippen molar-refractivity contribution in [1.29, 1.82) is 10.5 Å². The van der Waals surface area contributed by atoms with Gasteiger partial charge >= 0.3 is 0 Å². The zero-order valence-electron chi connectivity index (χ0n) is 11.6. The highest BCUT2D eigenvalue weighted by atomic mass is 35.5. The summed E-state index contributed by atoms with van der Waals surface area (Å²) in [7, 11) is 0. The number of anilines is 2. The van der Waals surface area contributed by atoms with Crippen molar-refractivity contribution in [3.8, 4) is 12.1 Å². The first-order chi connectivity index (χ1) is 10.5. The van der Waals surface area contributed by atoms with E-state index in [1.165, 1.54) is 4.57 Å². The van der Waals surface area contributed by atoms with Crippen LogP contribution in [0.2, 0.25) is 5.02 Å². The molecule has 110 valence electrons. The van der Waals surface area contributed by atoms with E-state index in [9.17, 15) is 4.79 Å². The second-order valence-electron chi connectivity index (χ2n) is 4.51. The second kappa shape index (κ2) is 6.17. The number of rotatable bonds is 3. The van der Waals surface area contributed by atoms with Crippen LogP contribution < -0.4 is 11.1 Å². The average Bonchev–Trinajstić information content (AvgIpc) is 2.78. The topological polar surface area (TPSA) is 121 Å². The Balaban J connectivity index is 2.24. The number of aryl methyl sites for hydroxylation is 1. The summed E-state index contributed by atoms with van der Waals surface area (Å²) >= 11 is 6.01. The molecule has 0 bridgehead atoms. The van der Waals surface area contributed by atoms with Crippen molar-refractivity contribution >= 4 is 29.1 Å². The van der Waals surface area contributed by atoms with Crippen molar-refractivity contribution in [3.05, 3.63) is 40.2 Å². The number of imidazole rings is 1. The third kappa shape index (κ3) is 3.00. The number of nitriles is 2. The molecular formula is C14H11ClN6O. The Hall–Kier alpha value is -3.03. The van der Waals surface area contributed by atoms with Gasteiger partial charge in [0.15, 0.2) is 11.4 Å². The largest absolute Gasteiger partial charge is 0.369 e. The van der Waals surface area contributed by atoms with Crippen molar-refractivity contribution in [1.82, 2.24) is 9.55 Å². The Morgan fingerprint density at radius 1 is 1.45 bits per heavy atom. The van der Waals surface area contributed by atoms with Crippen molar-refractivity contribution in [2.45, 2.75) is 13.5 Å². The average molecular weight is 315 g/mol. The number of hydrogen-bond donors (Lipinski definition) is 2. The van der Waals surface area contributed by atoms with Gasteiger partial charge in [0, 0.05) is 0 Å². The van der Waals surface area contributed by atoms with Crippen LogP contribution in [-0.2, 0) is 11.3 Å². The van der Waals surface area contributed by atoms with E-state index in [-0.39, 0.29) is 23.9 Å². The fourth-order valence-electron chi connectivity index (χ4n) is 1.89. The highest BCUT2D eigenvalue weighted by Gasteiger charge is 2.17. The first-order valence-corrected chi connectivity index (χ1v) is 6.56. The number of carbonyl (C=O) groups is 1. The molecule has 0 fully saturated rings. The molecule has 2 rings (SSSR count). The summed E-state index contributed by atoms with van der Waals surface area (Å²) in [6.45, 7) is 1.63. The van der Waals surface area contributed by atoms with E-state index in [2.05, 4.69) is 10.3 Å². The number of amides is 1. The molecule has 0 saturated heterocycles. The molecule has 3 N–H and O–H groups in total. The van der Waals surface area contributed by atoms with Crippen LogP contribution in [-0.4, -0.2) is 15.5 Å². The number of hydrogen-bond acceptors (Lipinski definition) is 5. The molecule has 1 amide bonds. The smallest absolute Gasteiger partial charge is 0.244 e. The molecule has 1 aromatic carbocycles. The van der Waals surface area contributed by atoms with Crippen molar-refractivity contribution in [2.24, 2.45) is 0 Å². The minimum absolute atomic E-state index is 0.0505. The molecule has 2 aromatic rings. The lowest BCUT2D eigenvalue weighted by Crippen LogP contribution is -2.21. The number of benzene rings is 1. The van der Waals surface area contributed by atoms with E-state index < -0.39 is 5.91 Å². The summed E-state index contributed by atoms with van der Waals surface area (Å²) in [5.41, 5.74) is 6.87. The van der Waals surface area contributed by atoms with Crippen LogP contribution in [0.15, 0.2) is 18.2 Å². The van der Waals surface area contributed by atoms with Crippen LogP contribution >= 0.6 is 11.6 Å². The van der Waals surface area contributed by atoms with Crippen LogP contribution in [0, 0.1) is 29.6 Å². The molecule has 0 saturated carbocycles. The summed E-state index contributed by atoms with van der Waals surface area (Å²) in [5.74, 6) is -0.504. The molecule has 0 atom stereocenters. The van der Waals surface area contributed by atoms with Gasteiger partial charge in [0.05, 0.1) is 10.7 Å². The van der Waals surface area contributed by atoms with Crippen LogP contribution in [0.25, 0.3) is 0 Å². The molecule has 0 radical (unpaired) electrons. The van der Waals surface area contributed by atoms with Gasteiger partial charge in [-0.3, -0.25) is 9.36 Å². The van der Waals surface area contributed by atoms with Crippen LogP contribution in [0.4, 0.5) is 11.6 Å². The minimum atomic E-state index is -0.433. The number of halogens is 1. The molecule has 0 aliphatic rings. The van der Waals surface area contributed by atoms with Crippen LogP contribution in [0.5, 0.6) is 0 Å². The summed E-state index contributed by atoms with van der Waals surface area (Å²) in [4.78, 5) is 15.8. The predicted octanol–water partition coefficient (Wildman–Crippen LogP) is 1.81. The molecule has 0 aliphatic carbocycles. The van der Waals surface area contributed by atoms with Gasteiger partial charge in [0.2, 0.25) is 11.9 Å². The number of nitrogens with one attached hydrogen (secondary N) is 1. The summed E-state index contributed by atoms with van der Waals surface area (Å²) in [5, 5.41) is 21.0. The Labute approximate surface area is 131 Å². The standard InChI is InChI=1S/C14H11ClN6O/c1-8-2-3-9(15)10(4-8)19-13(22)7-21-12(6-17)11(5-16)20-14(21)18/h2-4H,7H2,1H3,(H2,18,20)(H,19,22). The van der Waals surface area contributed by atoms with E-state index in [1.807, 2.05) is 19.1 Å². The third-order valence-electron chi connectivity index (χ3n) is 2.91. The molecular weight excluding hydrogens is 304 g/mol. The number of carbonyl (C=O) groups excluding carboxylic acids is 1. The fourth-order valence-corrected chi connectivity index (χ4v) is 2.05. The van der Waals surface area contributed by atoms with Crippen LogP contribution in [0.1, 0.15) is 17.0 Å². The maximum Gasteiger partial charge on any atom is 0.244 e. The fraction of sp³-hybridized carbons (Fsp3) is 0.143.